The van der Waals surface area contributed by atoms with E-state index in [4.69, 9.17) is 0 Å². The van der Waals surface area contributed by atoms with E-state index >= 15 is 0 Å². The molecule has 1 heteroatoms. The van der Waals surface area contributed by atoms with Crippen molar-refractivity contribution in [2.75, 3.05) is 19.6 Å². The first-order valence-electron chi connectivity index (χ1n) is 7.04. The maximum atomic E-state index is 2.56. The normalized spacial score (nSPS) is 11.1. The van der Waals surface area contributed by atoms with E-state index in [-0.39, 0.29) is 0 Å². The van der Waals surface area contributed by atoms with Crippen LogP contribution in [0.25, 0.3) is 0 Å². The van der Waals surface area contributed by atoms with E-state index < -0.39 is 0 Å². The maximum Gasteiger partial charge on any atom is 0.00217 e. The lowest BCUT2D eigenvalue weighted by Gasteiger charge is -2.20. The fourth-order valence-corrected chi connectivity index (χ4v) is 2.06. The Morgan fingerprint density at radius 1 is 0.941 bits per heavy atom. The zero-order chi connectivity index (χ0) is 12.5. The molecule has 1 rings (SSSR count). The Bertz CT molecular complexity index is 289. The average molecular weight is 233 g/mol. The zero-order valence-electron chi connectivity index (χ0n) is 11.7. The van der Waals surface area contributed by atoms with E-state index in [0.29, 0.717) is 0 Å². The third kappa shape index (κ3) is 5.88. The third-order valence-electron chi connectivity index (χ3n) is 3.36. The number of aryl methyl sites for hydroxylation is 1. The molecule has 0 spiro atoms. The van der Waals surface area contributed by atoms with Gasteiger partial charge in [-0.25, -0.2) is 0 Å². The van der Waals surface area contributed by atoms with Gasteiger partial charge in [0.1, 0.15) is 0 Å². The summed E-state index contributed by atoms with van der Waals surface area (Å²) in [4.78, 5) is 2.56. The van der Waals surface area contributed by atoms with E-state index in [9.17, 15) is 0 Å². The number of benzene rings is 1. The summed E-state index contributed by atoms with van der Waals surface area (Å²) in [7, 11) is 0. The molecule has 0 saturated heterocycles. The minimum Gasteiger partial charge on any atom is -0.303 e. The van der Waals surface area contributed by atoms with Crippen molar-refractivity contribution in [3.05, 3.63) is 35.4 Å². The van der Waals surface area contributed by atoms with Crippen LogP contribution in [0, 0.1) is 6.92 Å². The van der Waals surface area contributed by atoms with E-state index in [1.165, 1.54) is 56.4 Å². The molecule has 0 atom stereocenters. The molecule has 0 heterocycles. The molecular weight excluding hydrogens is 206 g/mol. The first kappa shape index (κ1) is 14.2. The summed E-state index contributed by atoms with van der Waals surface area (Å²) in [6.45, 7) is 10.3. The largest absolute Gasteiger partial charge is 0.303 e. The summed E-state index contributed by atoms with van der Waals surface area (Å²) < 4.78 is 0. The molecule has 1 aromatic carbocycles. The van der Waals surface area contributed by atoms with Gasteiger partial charge in [0.25, 0.3) is 0 Å². The number of unbranched alkanes of at least 4 members (excludes halogenated alkanes) is 2. The minimum atomic E-state index is 1.18. The van der Waals surface area contributed by atoms with Gasteiger partial charge < -0.3 is 4.90 Å². The molecule has 0 bridgehead atoms. The first-order valence-corrected chi connectivity index (χ1v) is 7.04. The smallest absolute Gasteiger partial charge is 0.00217 e. The Labute approximate surface area is 107 Å². The van der Waals surface area contributed by atoms with E-state index in [0.717, 1.165) is 0 Å². The average Bonchev–Trinajstić information content (AvgIpc) is 2.35. The topological polar surface area (TPSA) is 3.24 Å². The molecule has 0 unspecified atom stereocenters. The van der Waals surface area contributed by atoms with Crippen LogP contribution in [0.2, 0.25) is 0 Å². The monoisotopic (exact) mass is 233 g/mol. The molecule has 96 valence electrons. The Morgan fingerprint density at radius 3 is 2.24 bits per heavy atom. The quantitative estimate of drug-likeness (QED) is 0.612. The van der Waals surface area contributed by atoms with Crippen molar-refractivity contribution in [2.24, 2.45) is 0 Å². The summed E-state index contributed by atoms with van der Waals surface area (Å²) >= 11 is 0. The predicted octanol–water partition coefficient (Wildman–Crippen LogP) is 4.05. The number of likely N-dealkylation sites (N-methyl/N-ethyl adjacent to an activating group) is 1. The molecule has 0 aromatic heterocycles. The lowest BCUT2D eigenvalue weighted by molar-refractivity contribution is 0.285. The summed E-state index contributed by atoms with van der Waals surface area (Å²) in [5, 5.41) is 0. The van der Waals surface area contributed by atoms with Gasteiger partial charge in [0.05, 0.1) is 0 Å². The van der Waals surface area contributed by atoms with Crippen LogP contribution in [0.4, 0.5) is 0 Å². The zero-order valence-corrected chi connectivity index (χ0v) is 11.7. The van der Waals surface area contributed by atoms with Crippen LogP contribution in [0.5, 0.6) is 0 Å². The van der Waals surface area contributed by atoms with Crippen LogP contribution in [-0.4, -0.2) is 24.5 Å². The van der Waals surface area contributed by atoms with Gasteiger partial charge in [0.2, 0.25) is 0 Å². The summed E-state index contributed by atoms with van der Waals surface area (Å²) in [6, 6.07) is 8.94. The van der Waals surface area contributed by atoms with Gasteiger partial charge in [-0.2, -0.15) is 0 Å². The van der Waals surface area contributed by atoms with Crippen LogP contribution >= 0.6 is 0 Å². The van der Waals surface area contributed by atoms with Crippen molar-refractivity contribution in [2.45, 2.75) is 46.5 Å². The molecular formula is C16H27N. The lowest BCUT2D eigenvalue weighted by Crippen LogP contribution is -2.26. The molecule has 0 N–H and O–H groups in total. The van der Waals surface area contributed by atoms with Crippen molar-refractivity contribution >= 4 is 0 Å². The van der Waals surface area contributed by atoms with Gasteiger partial charge in [-0.3, -0.25) is 0 Å². The standard InChI is InChI=1S/C16H27N/c1-4-6-7-13-17(5-2)14-12-16-10-8-15(3)9-11-16/h8-11H,4-7,12-14H2,1-3H3. The van der Waals surface area contributed by atoms with Crippen molar-refractivity contribution < 1.29 is 0 Å². The highest BCUT2D eigenvalue weighted by Gasteiger charge is 2.02. The fraction of sp³-hybridized carbons (Fsp3) is 0.625. The van der Waals surface area contributed by atoms with Gasteiger partial charge in [-0.05, 0) is 38.4 Å². The number of nitrogens with zero attached hydrogens (tertiary/aromatic N) is 1. The Kier molecular flexibility index (Phi) is 6.95. The number of hydrogen-bond donors (Lipinski definition) is 0. The molecule has 1 aromatic rings. The van der Waals surface area contributed by atoms with Gasteiger partial charge in [-0.1, -0.05) is 56.5 Å². The van der Waals surface area contributed by atoms with E-state index in [1.54, 1.807) is 0 Å². The molecule has 0 saturated carbocycles. The molecule has 0 amide bonds. The van der Waals surface area contributed by atoms with Crippen LogP contribution in [-0.2, 0) is 6.42 Å². The maximum absolute atomic E-state index is 2.56. The van der Waals surface area contributed by atoms with Gasteiger partial charge in [-0.15, -0.1) is 0 Å². The fourth-order valence-electron chi connectivity index (χ4n) is 2.06. The van der Waals surface area contributed by atoms with Crippen LogP contribution in [0.3, 0.4) is 0 Å². The van der Waals surface area contributed by atoms with Crippen LogP contribution in [0.1, 0.15) is 44.2 Å². The van der Waals surface area contributed by atoms with Crippen LogP contribution < -0.4 is 0 Å². The molecule has 0 aliphatic rings. The molecule has 1 nitrogen and oxygen atoms in total. The molecule has 0 radical (unpaired) electrons. The molecule has 17 heavy (non-hydrogen) atoms. The first-order chi connectivity index (χ1) is 8.26. The minimum absolute atomic E-state index is 1.18. The second-order valence-corrected chi connectivity index (χ2v) is 4.88. The highest BCUT2D eigenvalue weighted by atomic mass is 15.1. The van der Waals surface area contributed by atoms with Crippen molar-refractivity contribution in [1.29, 1.82) is 0 Å². The van der Waals surface area contributed by atoms with Crippen LogP contribution in [0.15, 0.2) is 24.3 Å². The van der Waals surface area contributed by atoms with Gasteiger partial charge >= 0.3 is 0 Å². The Hall–Kier alpha value is -0.820. The predicted molar refractivity (Wildman–Crippen MR) is 76.5 cm³/mol. The van der Waals surface area contributed by atoms with Crippen molar-refractivity contribution in [3.63, 3.8) is 0 Å². The number of hydrogen-bond acceptors (Lipinski definition) is 1. The second-order valence-electron chi connectivity index (χ2n) is 4.88. The molecule has 0 aliphatic carbocycles. The van der Waals surface area contributed by atoms with Gasteiger partial charge in [0.15, 0.2) is 0 Å². The van der Waals surface area contributed by atoms with Crippen molar-refractivity contribution in [3.8, 4) is 0 Å². The highest BCUT2D eigenvalue weighted by molar-refractivity contribution is 5.21. The molecule has 0 fully saturated rings. The Balaban J connectivity index is 2.29. The second kappa shape index (κ2) is 8.30. The molecule has 0 aliphatic heterocycles. The SMILES string of the molecule is CCCCCN(CC)CCc1ccc(C)cc1. The Morgan fingerprint density at radius 2 is 1.65 bits per heavy atom. The summed E-state index contributed by atoms with van der Waals surface area (Å²) in [5.41, 5.74) is 2.81. The van der Waals surface area contributed by atoms with Crippen molar-refractivity contribution in [1.82, 2.24) is 4.90 Å². The lowest BCUT2D eigenvalue weighted by atomic mass is 10.1. The summed E-state index contributed by atoms with van der Waals surface area (Å²) in [6.07, 6.45) is 5.20. The summed E-state index contributed by atoms with van der Waals surface area (Å²) in [5.74, 6) is 0. The van der Waals surface area contributed by atoms with Gasteiger partial charge in [0, 0.05) is 6.54 Å². The van der Waals surface area contributed by atoms with E-state index in [1.807, 2.05) is 0 Å². The number of rotatable bonds is 8. The third-order valence-corrected chi connectivity index (χ3v) is 3.36. The highest BCUT2D eigenvalue weighted by Crippen LogP contribution is 2.06. The van der Waals surface area contributed by atoms with E-state index in [2.05, 4.69) is 49.9 Å².